The van der Waals surface area contributed by atoms with Gasteiger partial charge >= 0.3 is 0 Å². The number of thiophene rings is 1. The van der Waals surface area contributed by atoms with E-state index in [4.69, 9.17) is 0 Å². The fourth-order valence-electron chi connectivity index (χ4n) is 2.67. The Morgan fingerprint density at radius 3 is 2.62 bits per heavy atom. The van der Waals surface area contributed by atoms with Gasteiger partial charge in [0.1, 0.15) is 0 Å². The van der Waals surface area contributed by atoms with Crippen LogP contribution in [0.2, 0.25) is 0 Å². The molecule has 1 unspecified atom stereocenters. The van der Waals surface area contributed by atoms with Gasteiger partial charge < -0.3 is 0 Å². The lowest BCUT2D eigenvalue weighted by atomic mass is 10.1. The predicted molar refractivity (Wildman–Crippen MR) is 88.1 cm³/mol. The fourth-order valence-corrected chi connectivity index (χ4v) is 4.29. The third-order valence-corrected chi connectivity index (χ3v) is 6.72. The van der Waals surface area contributed by atoms with Crippen molar-refractivity contribution in [2.24, 2.45) is 0 Å². The third-order valence-electron chi connectivity index (χ3n) is 3.90. The van der Waals surface area contributed by atoms with Crippen molar-refractivity contribution in [2.75, 3.05) is 0 Å². The summed E-state index contributed by atoms with van der Waals surface area (Å²) in [7, 11) is -3.20. The molecule has 0 aliphatic heterocycles. The molecule has 3 nitrogen and oxygen atoms in total. The number of rotatable bonds is 4. The van der Waals surface area contributed by atoms with E-state index in [1.54, 1.807) is 25.2 Å². The zero-order valence-corrected chi connectivity index (χ0v) is 13.8. The fraction of sp³-hybridized carbons (Fsp3) is 0.375. The van der Waals surface area contributed by atoms with E-state index in [2.05, 4.69) is 34.4 Å². The van der Waals surface area contributed by atoms with Crippen LogP contribution >= 0.6 is 11.3 Å². The maximum absolute atomic E-state index is 12.0. The van der Waals surface area contributed by atoms with Gasteiger partial charge in [0.05, 0.1) is 5.25 Å². The maximum atomic E-state index is 12.0. The van der Waals surface area contributed by atoms with Crippen molar-refractivity contribution in [3.05, 3.63) is 46.8 Å². The summed E-state index contributed by atoms with van der Waals surface area (Å²) >= 11 is 1.72. The molecule has 1 aliphatic rings. The van der Waals surface area contributed by atoms with Gasteiger partial charge in [0, 0.05) is 10.9 Å². The smallest absolute Gasteiger partial charge is 0.212 e. The molecule has 1 aromatic heterocycles. The molecule has 0 amide bonds. The van der Waals surface area contributed by atoms with Gasteiger partial charge in [-0.25, -0.2) is 13.1 Å². The summed E-state index contributed by atoms with van der Waals surface area (Å²) in [6.45, 7) is 3.42. The molecule has 1 heterocycles. The molecule has 0 saturated heterocycles. The predicted octanol–water partition coefficient (Wildman–Crippen LogP) is 3.21. The SMILES string of the molecule is CC(C)S(=O)(=O)NC1Cc2ccc(-c3cccs3)cc2C1. The lowest BCUT2D eigenvalue weighted by molar-refractivity contribution is 0.547. The molecule has 5 heteroatoms. The summed E-state index contributed by atoms with van der Waals surface area (Å²) in [4.78, 5) is 1.25. The number of nitrogens with one attached hydrogen (secondary N) is 1. The van der Waals surface area contributed by atoms with Crippen molar-refractivity contribution in [2.45, 2.75) is 38.0 Å². The molecule has 0 bridgehead atoms. The van der Waals surface area contributed by atoms with E-state index in [0.717, 1.165) is 12.8 Å². The molecule has 0 radical (unpaired) electrons. The minimum Gasteiger partial charge on any atom is -0.212 e. The first kappa shape index (κ1) is 14.8. The van der Waals surface area contributed by atoms with Gasteiger partial charge in [0.25, 0.3) is 0 Å². The van der Waals surface area contributed by atoms with Crippen LogP contribution in [-0.4, -0.2) is 19.7 Å². The molecule has 1 aliphatic carbocycles. The van der Waals surface area contributed by atoms with E-state index < -0.39 is 10.0 Å². The maximum Gasteiger partial charge on any atom is 0.214 e. The number of hydrogen-bond acceptors (Lipinski definition) is 3. The van der Waals surface area contributed by atoms with Crippen molar-refractivity contribution in [1.29, 1.82) is 0 Å². The molecule has 1 aromatic carbocycles. The van der Waals surface area contributed by atoms with Crippen LogP contribution in [0.25, 0.3) is 10.4 Å². The quantitative estimate of drug-likeness (QED) is 0.940. The standard InChI is InChI=1S/C16H19NO2S2/c1-11(2)21(18,19)17-15-9-12-5-6-13(8-14(12)10-15)16-4-3-7-20-16/h3-8,11,15,17H,9-10H2,1-2H3. The van der Waals surface area contributed by atoms with E-state index in [9.17, 15) is 8.42 Å². The summed E-state index contributed by atoms with van der Waals surface area (Å²) in [5.41, 5.74) is 3.74. The topological polar surface area (TPSA) is 46.2 Å². The van der Waals surface area contributed by atoms with E-state index in [1.165, 1.54) is 21.6 Å². The van der Waals surface area contributed by atoms with Crippen molar-refractivity contribution < 1.29 is 8.42 Å². The molecular weight excluding hydrogens is 302 g/mol. The number of hydrogen-bond donors (Lipinski definition) is 1. The van der Waals surface area contributed by atoms with E-state index in [0.29, 0.717) is 0 Å². The van der Waals surface area contributed by atoms with E-state index >= 15 is 0 Å². The van der Waals surface area contributed by atoms with Gasteiger partial charge in [-0.05, 0) is 54.8 Å². The monoisotopic (exact) mass is 321 g/mol. The normalized spacial score (nSPS) is 18.1. The minimum absolute atomic E-state index is 0.00835. The van der Waals surface area contributed by atoms with Crippen LogP contribution in [0.3, 0.4) is 0 Å². The highest BCUT2D eigenvalue weighted by Gasteiger charge is 2.27. The Morgan fingerprint density at radius 1 is 1.19 bits per heavy atom. The van der Waals surface area contributed by atoms with Gasteiger partial charge in [0.15, 0.2) is 0 Å². The Labute approximate surface area is 130 Å². The molecule has 112 valence electrons. The Morgan fingerprint density at radius 2 is 1.95 bits per heavy atom. The Hall–Kier alpha value is -1.17. The lowest BCUT2D eigenvalue weighted by Crippen LogP contribution is -2.39. The Kier molecular flexibility index (Phi) is 3.90. The molecule has 1 N–H and O–H groups in total. The molecule has 2 aromatic rings. The first-order valence-electron chi connectivity index (χ1n) is 7.12. The van der Waals surface area contributed by atoms with Crippen molar-refractivity contribution in [3.8, 4) is 10.4 Å². The average Bonchev–Trinajstić information content (AvgIpc) is 3.05. The van der Waals surface area contributed by atoms with E-state index in [-0.39, 0.29) is 11.3 Å². The lowest BCUT2D eigenvalue weighted by Gasteiger charge is -2.14. The molecule has 21 heavy (non-hydrogen) atoms. The molecule has 1 atom stereocenters. The molecule has 0 fully saturated rings. The van der Waals surface area contributed by atoms with Crippen LogP contribution in [0.5, 0.6) is 0 Å². The second-order valence-corrected chi connectivity index (χ2v) is 8.99. The first-order chi connectivity index (χ1) is 9.95. The number of benzene rings is 1. The summed E-state index contributed by atoms with van der Waals surface area (Å²) in [5.74, 6) is 0. The van der Waals surface area contributed by atoms with Crippen molar-refractivity contribution in [1.82, 2.24) is 4.72 Å². The van der Waals surface area contributed by atoms with E-state index in [1.807, 2.05) is 6.07 Å². The summed E-state index contributed by atoms with van der Waals surface area (Å²) in [5, 5.41) is 1.69. The van der Waals surface area contributed by atoms with Crippen molar-refractivity contribution >= 4 is 21.4 Å². The third kappa shape index (κ3) is 3.05. The minimum atomic E-state index is -3.20. The molecule has 0 saturated carbocycles. The molecule has 3 rings (SSSR count). The van der Waals surface area contributed by atoms with Crippen LogP contribution in [0, 0.1) is 0 Å². The summed E-state index contributed by atoms with van der Waals surface area (Å²) in [6, 6.07) is 10.6. The van der Waals surface area contributed by atoms with Gasteiger partial charge in [-0.2, -0.15) is 0 Å². The second-order valence-electron chi connectivity index (χ2n) is 5.78. The largest absolute Gasteiger partial charge is 0.214 e. The summed E-state index contributed by atoms with van der Waals surface area (Å²) < 4.78 is 26.8. The van der Waals surface area contributed by atoms with Crippen LogP contribution in [0.15, 0.2) is 35.7 Å². The van der Waals surface area contributed by atoms with Gasteiger partial charge in [0.2, 0.25) is 10.0 Å². The highest BCUT2D eigenvalue weighted by atomic mass is 32.2. The van der Waals surface area contributed by atoms with Crippen LogP contribution < -0.4 is 4.72 Å². The zero-order chi connectivity index (χ0) is 15.0. The van der Waals surface area contributed by atoms with Gasteiger partial charge in [-0.1, -0.05) is 24.3 Å². The van der Waals surface area contributed by atoms with Crippen LogP contribution in [0.1, 0.15) is 25.0 Å². The highest BCUT2D eigenvalue weighted by Crippen LogP contribution is 2.30. The number of sulfonamides is 1. The highest BCUT2D eigenvalue weighted by molar-refractivity contribution is 7.90. The zero-order valence-electron chi connectivity index (χ0n) is 12.2. The second kappa shape index (κ2) is 5.55. The van der Waals surface area contributed by atoms with Crippen LogP contribution in [0.4, 0.5) is 0 Å². The first-order valence-corrected chi connectivity index (χ1v) is 9.55. The Bertz CT molecular complexity index is 734. The summed E-state index contributed by atoms with van der Waals surface area (Å²) in [6.07, 6.45) is 1.56. The van der Waals surface area contributed by atoms with Crippen molar-refractivity contribution in [3.63, 3.8) is 0 Å². The molecular formula is C16H19NO2S2. The Balaban J connectivity index is 1.79. The van der Waals surface area contributed by atoms with Crippen LogP contribution in [-0.2, 0) is 22.9 Å². The molecule has 0 spiro atoms. The van der Waals surface area contributed by atoms with Gasteiger partial charge in [-0.3, -0.25) is 0 Å². The average molecular weight is 321 g/mol. The van der Waals surface area contributed by atoms with Gasteiger partial charge in [-0.15, -0.1) is 11.3 Å². The number of fused-ring (bicyclic) bond motifs is 1.